The molecule has 4 nitrogen and oxygen atoms in total. The molecule has 0 fully saturated rings. The Balaban J connectivity index is 0.981. The van der Waals surface area contributed by atoms with E-state index in [2.05, 4.69) is 182 Å². The van der Waals surface area contributed by atoms with E-state index in [0.29, 0.717) is 17.5 Å². The number of hydrogen-bond acceptors (Lipinski definition) is 5. The van der Waals surface area contributed by atoms with Gasteiger partial charge in [0.25, 0.3) is 0 Å². The zero-order valence-electron chi connectivity index (χ0n) is 34.5. The summed E-state index contributed by atoms with van der Waals surface area (Å²) in [5, 5.41) is 3.51. The molecule has 0 amide bonds. The van der Waals surface area contributed by atoms with E-state index >= 15 is 0 Å². The summed E-state index contributed by atoms with van der Waals surface area (Å²) in [6.45, 7) is 0. The van der Waals surface area contributed by atoms with Crippen LogP contribution < -0.4 is 0 Å². The van der Waals surface area contributed by atoms with Gasteiger partial charge in [-0.05, 0) is 62.7 Å². The van der Waals surface area contributed by atoms with Crippen molar-refractivity contribution in [3.63, 3.8) is 0 Å². The normalized spacial score (nSPS) is 13.1. The van der Waals surface area contributed by atoms with Crippen LogP contribution in [0.25, 0.3) is 89.4 Å². The minimum absolute atomic E-state index is 0.463. The van der Waals surface area contributed by atoms with E-state index in [1.54, 1.807) is 0 Å². The fourth-order valence-corrected chi connectivity index (χ4v) is 11.5. The molecular formula is C59H36N4S. The van der Waals surface area contributed by atoms with Crippen molar-refractivity contribution in [2.24, 2.45) is 0 Å². The van der Waals surface area contributed by atoms with E-state index < -0.39 is 5.41 Å². The van der Waals surface area contributed by atoms with Crippen molar-refractivity contribution < 1.29 is 0 Å². The van der Waals surface area contributed by atoms with Crippen molar-refractivity contribution in [2.45, 2.75) is 15.2 Å². The molecule has 0 bridgehead atoms. The molecule has 1 aliphatic heterocycles. The van der Waals surface area contributed by atoms with E-state index in [4.69, 9.17) is 19.9 Å². The molecular weight excluding hydrogens is 797 g/mol. The van der Waals surface area contributed by atoms with Crippen LogP contribution in [0.3, 0.4) is 0 Å². The Morgan fingerprint density at radius 3 is 1.58 bits per heavy atom. The third-order valence-corrected chi connectivity index (χ3v) is 14.2. The van der Waals surface area contributed by atoms with Crippen LogP contribution in [0.4, 0.5) is 0 Å². The predicted molar refractivity (Wildman–Crippen MR) is 261 cm³/mol. The van der Waals surface area contributed by atoms with Gasteiger partial charge in [0, 0.05) is 48.2 Å². The molecule has 1 aliphatic carbocycles. The summed E-state index contributed by atoms with van der Waals surface area (Å²) in [5.74, 6) is 1.87. The molecule has 2 aromatic heterocycles. The van der Waals surface area contributed by atoms with E-state index in [0.717, 1.165) is 55.4 Å². The summed E-state index contributed by atoms with van der Waals surface area (Å²) >= 11 is 1.89. The largest absolute Gasteiger partial charge is 0.247 e. The lowest BCUT2D eigenvalue weighted by Gasteiger charge is -2.40. The van der Waals surface area contributed by atoms with Gasteiger partial charge >= 0.3 is 0 Å². The molecule has 13 rings (SSSR count). The number of nitrogens with zero attached hydrogens (tertiary/aromatic N) is 4. The Hall–Kier alpha value is -7.99. The van der Waals surface area contributed by atoms with E-state index in [9.17, 15) is 0 Å². The second-order valence-corrected chi connectivity index (χ2v) is 17.5. The first-order valence-electron chi connectivity index (χ1n) is 21.6. The van der Waals surface area contributed by atoms with Gasteiger partial charge < -0.3 is 0 Å². The highest BCUT2D eigenvalue weighted by atomic mass is 32.2. The minimum Gasteiger partial charge on any atom is -0.247 e. The van der Waals surface area contributed by atoms with Crippen LogP contribution in [-0.2, 0) is 5.41 Å². The molecule has 0 atom stereocenters. The lowest BCUT2D eigenvalue weighted by molar-refractivity contribution is 0.726. The van der Waals surface area contributed by atoms with Crippen molar-refractivity contribution in [1.29, 1.82) is 0 Å². The molecule has 11 aromatic rings. The molecule has 0 N–H and O–H groups in total. The predicted octanol–water partition coefficient (Wildman–Crippen LogP) is 14.7. The molecule has 64 heavy (non-hydrogen) atoms. The third kappa shape index (κ3) is 5.57. The number of rotatable bonds is 5. The summed E-state index contributed by atoms with van der Waals surface area (Å²) in [5.41, 5.74) is 15.4. The molecule has 3 heterocycles. The second kappa shape index (κ2) is 14.6. The van der Waals surface area contributed by atoms with Crippen LogP contribution in [0, 0.1) is 0 Å². The van der Waals surface area contributed by atoms with Gasteiger partial charge in [-0.1, -0.05) is 212 Å². The fourth-order valence-electron chi connectivity index (χ4n) is 10.2. The molecule has 0 saturated heterocycles. The van der Waals surface area contributed by atoms with Crippen LogP contribution in [0.5, 0.6) is 0 Å². The van der Waals surface area contributed by atoms with Gasteiger partial charge in [-0.25, -0.2) is 19.9 Å². The zero-order valence-corrected chi connectivity index (χ0v) is 35.3. The van der Waals surface area contributed by atoms with E-state index in [-0.39, 0.29) is 0 Å². The molecule has 9 aromatic carbocycles. The highest BCUT2D eigenvalue weighted by Gasteiger charge is 2.50. The topological polar surface area (TPSA) is 51.6 Å². The van der Waals surface area contributed by atoms with Crippen LogP contribution >= 0.6 is 11.8 Å². The van der Waals surface area contributed by atoms with Crippen molar-refractivity contribution in [2.75, 3.05) is 0 Å². The Morgan fingerprint density at radius 2 is 0.859 bits per heavy atom. The van der Waals surface area contributed by atoms with Crippen molar-refractivity contribution in [3.8, 4) is 67.7 Å². The van der Waals surface area contributed by atoms with Gasteiger partial charge in [-0.2, -0.15) is 0 Å². The van der Waals surface area contributed by atoms with Crippen LogP contribution in [0.1, 0.15) is 22.3 Å². The fraction of sp³-hybridized carbons (Fsp3) is 0.0169. The van der Waals surface area contributed by atoms with Crippen LogP contribution in [0.2, 0.25) is 0 Å². The Kier molecular flexibility index (Phi) is 8.33. The Bertz CT molecular complexity index is 3600. The molecule has 298 valence electrons. The summed E-state index contributed by atoms with van der Waals surface area (Å²) in [4.78, 5) is 23.2. The standard InChI is InChI=1S/C59H36N4S/c1-3-16-37(17-4-1)41-20-15-21-42(36-41)58-62-56(39-18-5-2-6-19-39)61-57(63-58)40-32-30-38(31-33-40)54-46-34-35-50-55(53(46)45-24-9-13-28-51(45)60-54)64-52-29-14-12-27-49(52)59(50)47-25-10-7-22-43(47)44-23-8-11-26-48(44)59/h1-36H. The molecule has 1 spiro atoms. The number of aromatic nitrogens is 4. The SMILES string of the molecule is c1ccc(-c2cccc(-c3nc(-c4ccccc4)nc(-c4ccc(-c5nc6ccccc6c6c7c(ccc56)C5(c6ccccc6S7)c6ccccc6-c6ccccc65)cc4)n3)c2)cc1. The first-order chi connectivity index (χ1) is 31.7. The maximum absolute atomic E-state index is 5.42. The van der Waals surface area contributed by atoms with Crippen LogP contribution in [0.15, 0.2) is 228 Å². The van der Waals surface area contributed by atoms with Gasteiger partial charge in [-0.15, -0.1) is 0 Å². The van der Waals surface area contributed by atoms with Gasteiger partial charge in [-0.3, -0.25) is 0 Å². The lowest BCUT2D eigenvalue weighted by Crippen LogP contribution is -2.32. The molecule has 5 heteroatoms. The number of hydrogen-bond donors (Lipinski definition) is 0. The van der Waals surface area contributed by atoms with Crippen molar-refractivity contribution in [1.82, 2.24) is 19.9 Å². The number of pyridine rings is 1. The zero-order chi connectivity index (χ0) is 42.2. The summed E-state index contributed by atoms with van der Waals surface area (Å²) in [7, 11) is 0. The molecule has 0 saturated carbocycles. The second-order valence-electron chi connectivity index (χ2n) is 16.5. The maximum Gasteiger partial charge on any atom is 0.164 e. The average molecular weight is 833 g/mol. The third-order valence-electron chi connectivity index (χ3n) is 13.0. The smallest absolute Gasteiger partial charge is 0.164 e. The molecule has 0 radical (unpaired) electrons. The van der Waals surface area contributed by atoms with Gasteiger partial charge in [0.05, 0.1) is 16.6 Å². The maximum atomic E-state index is 5.42. The highest BCUT2D eigenvalue weighted by molar-refractivity contribution is 7.99. The Morgan fingerprint density at radius 1 is 0.328 bits per heavy atom. The summed E-state index contributed by atoms with van der Waals surface area (Å²) in [6.07, 6.45) is 0. The summed E-state index contributed by atoms with van der Waals surface area (Å²) in [6, 6.07) is 77.9. The van der Waals surface area contributed by atoms with Gasteiger partial charge in [0.15, 0.2) is 17.5 Å². The van der Waals surface area contributed by atoms with Crippen molar-refractivity contribution in [3.05, 3.63) is 241 Å². The number of fused-ring (bicyclic) bond motifs is 13. The average Bonchev–Trinajstić information content (AvgIpc) is 3.67. The first-order valence-corrected chi connectivity index (χ1v) is 22.4. The molecule has 2 aliphatic rings. The number of benzene rings is 9. The van der Waals surface area contributed by atoms with Gasteiger partial charge in [0.2, 0.25) is 0 Å². The number of para-hydroxylation sites is 1. The monoisotopic (exact) mass is 832 g/mol. The Labute approximate surface area is 375 Å². The highest BCUT2D eigenvalue weighted by Crippen LogP contribution is 2.63. The molecule has 0 unspecified atom stereocenters. The first kappa shape index (κ1) is 36.6. The summed E-state index contributed by atoms with van der Waals surface area (Å²) < 4.78 is 0. The van der Waals surface area contributed by atoms with Crippen LogP contribution in [-0.4, -0.2) is 19.9 Å². The van der Waals surface area contributed by atoms with Gasteiger partial charge in [0.1, 0.15) is 0 Å². The van der Waals surface area contributed by atoms with Crippen molar-refractivity contribution >= 4 is 33.4 Å². The van der Waals surface area contributed by atoms with E-state index in [1.807, 2.05) is 48.2 Å². The lowest BCUT2D eigenvalue weighted by atomic mass is 9.67. The minimum atomic E-state index is -0.463. The quantitative estimate of drug-likeness (QED) is 0.162. The van der Waals surface area contributed by atoms with E-state index in [1.165, 1.54) is 48.6 Å².